The monoisotopic (exact) mass is 1140 g/mol. The van der Waals surface area contributed by atoms with Gasteiger partial charge in [-0.05, 0) is 88.1 Å². The third-order valence-corrected chi connectivity index (χ3v) is 17.1. The molecule has 0 unspecified atom stereocenters. The molecule has 6 heterocycles. The number of nitrogens with one attached hydrogen (secondary N) is 5. The second-order valence-corrected chi connectivity index (χ2v) is 24.0. The van der Waals surface area contributed by atoms with Gasteiger partial charge in [0.15, 0.2) is 0 Å². The lowest BCUT2D eigenvalue weighted by Crippen LogP contribution is -2.66. The Hall–Kier alpha value is -6.40. The zero-order valence-electron chi connectivity index (χ0n) is 47.8. The van der Waals surface area contributed by atoms with Crippen LogP contribution in [0.1, 0.15) is 96.0 Å². The molecule has 81 heavy (non-hydrogen) atoms. The van der Waals surface area contributed by atoms with Gasteiger partial charge in [0, 0.05) is 69.4 Å². The summed E-state index contributed by atoms with van der Waals surface area (Å²) in [6.45, 7) is 15.8. The van der Waals surface area contributed by atoms with Crippen LogP contribution in [-0.4, -0.2) is 171 Å². The van der Waals surface area contributed by atoms with Crippen molar-refractivity contribution < 1.29 is 47.0 Å². The van der Waals surface area contributed by atoms with Crippen molar-refractivity contribution in [2.24, 2.45) is 10.8 Å². The van der Waals surface area contributed by atoms with Gasteiger partial charge >= 0.3 is 0 Å². The number of hydrogen-bond acceptors (Lipinski definition) is 16. The van der Waals surface area contributed by atoms with Crippen LogP contribution in [0.3, 0.4) is 0 Å². The first-order valence-electron chi connectivity index (χ1n) is 28.2. The molecule has 2 aromatic carbocycles. The second kappa shape index (κ2) is 27.1. The molecule has 4 fully saturated rings. The Morgan fingerprint density at radius 3 is 2.25 bits per heavy atom. The number of ether oxygens (including phenoxy) is 3. The fraction of sp³-hybridized carbons (Fsp3) is 0.586. The van der Waals surface area contributed by atoms with Gasteiger partial charge in [0.1, 0.15) is 48.3 Å². The van der Waals surface area contributed by atoms with Gasteiger partial charge in [-0.3, -0.25) is 28.9 Å². The minimum absolute atomic E-state index is 0.0670. The lowest BCUT2D eigenvalue weighted by molar-refractivity contribution is -0.144. The molecule has 3 atom stereocenters. The summed E-state index contributed by atoms with van der Waals surface area (Å²) < 4.78 is 48.5. The van der Waals surface area contributed by atoms with Crippen molar-refractivity contribution in [3.63, 3.8) is 0 Å². The number of hydrogen-bond donors (Lipinski definition) is 5. The average Bonchev–Trinajstić information content (AvgIpc) is 4.16. The summed E-state index contributed by atoms with van der Waals surface area (Å²) in [5, 5.41) is 15.1. The number of rotatable bonds is 23. The fourth-order valence-electron chi connectivity index (χ4n) is 11.1. The number of carbonyl (C=O) groups excluding carboxylic acids is 5. The van der Waals surface area contributed by atoms with E-state index in [1.165, 1.54) is 18.5 Å². The second-order valence-electron chi connectivity index (χ2n) is 23.1. The van der Waals surface area contributed by atoms with Gasteiger partial charge in [0.25, 0.3) is 0 Å². The molecule has 0 saturated carbocycles. The lowest BCUT2D eigenvalue weighted by Gasteiger charge is -2.48. The fourth-order valence-corrected chi connectivity index (χ4v) is 11.9. The SMILES string of the molecule is CNc1cc(N2CCC3(CC2)CN(c2cc(F)c(CN4CCC(C)(C(=O)NCCOCCOCCOCC(=O)N[C@H](C(=O)N5CCC[C@H]5C(=O)N[C@@H](C)c5ccc(-c6scnc6C)cc5)C(C)(C)C)CC4)cc2F)CC(=O)N3)ncn1. The predicted octanol–water partition coefficient (Wildman–Crippen LogP) is 5.37. The van der Waals surface area contributed by atoms with Crippen molar-refractivity contribution in [3.05, 3.63) is 82.8 Å². The summed E-state index contributed by atoms with van der Waals surface area (Å²) in [6, 6.07) is 10.5. The van der Waals surface area contributed by atoms with Crippen molar-refractivity contribution >= 4 is 58.2 Å². The maximum Gasteiger partial charge on any atom is 0.246 e. The van der Waals surface area contributed by atoms with E-state index in [-0.39, 0.29) is 93.7 Å². The Labute approximate surface area is 477 Å². The number of benzene rings is 2. The number of piperazine rings is 1. The van der Waals surface area contributed by atoms with Gasteiger partial charge in [-0.25, -0.2) is 23.7 Å². The molecule has 440 valence electrons. The van der Waals surface area contributed by atoms with Crippen molar-refractivity contribution in [1.82, 2.24) is 46.0 Å². The number of halogens is 2. The van der Waals surface area contributed by atoms with Crippen LogP contribution in [0.25, 0.3) is 10.4 Å². The van der Waals surface area contributed by atoms with Crippen molar-refractivity contribution in [2.75, 3.05) is 114 Å². The van der Waals surface area contributed by atoms with E-state index in [9.17, 15) is 24.0 Å². The summed E-state index contributed by atoms with van der Waals surface area (Å²) in [4.78, 5) is 88.5. The molecule has 2 aromatic heterocycles. The van der Waals surface area contributed by atoms with Crippen LogP contribution in [0.2, 0.25) is 0 Å². The third-order valence-electron chi connectivity index (χ3n) is 16.1. The van der Waals surface area contributed by atoms with E-state index in [1.807, 2.05) is 82.3 Å². The summed E-state index contributed by atoms with van der Waals surface area (Å²) in [5.74, 6) is -0.954. The van der Waals surface area contributed by atoms with Crippen LogP contribution < -0.4 is 36.4 Å². The Balaban J connectivity index is 0.677. The zero-order chi connectivity index (χ0) is 57.9. The highest BCUT2D eigenvalue weighted by molar-refractivity contribution is 7.13. The number of thiazole rings is 1. The number of piperidine rings is 2. The molecule has 0 aliphatic carbocycles. The van der Waals surface area contributed by atoms with Gasteiger partial charge in [-0.2, -0.15) is 0 Å². The number of anilines is 3. The molecule has 23 heteroatoms. The first-order chi connectivity index (χ1) is 38.7. The zero-order valence-corrected chi connectivity index (χ0v) is 48.7. The molecule has 5 amide bonds. The van der Waals surface area contributed by atoms with E-state index < -0.39 is 46.0 Å². The summed E-state index contributed by atoms with van der Waals surface area (Å²) in [6.07, 6.45) is 5.01. The summed E-state index contributed by atoms with van der Waals surface area (Å²) in [5.41, 5.74) is 3.23. The molecule has 4 saturated heterocycles. The minimum Gasteiger partial charge on any atom is -0.377 e. The third kappa shape index (κ3) is 15.6. The molecule has 0 radical (unpaired) electrons. The number of aromatic nitrogens is 3. The van der Waals surface area contributed by atoms with Crippen LogP contribution in [0.5, 0.6) is 0 Å². The van der Waals surface area contributed by atoms with Crippen molar-refractivity contribution in [1.29, 1.82) is 0 Å². The number of carbonyl (C=O) groups is 5. The number of nitrogens with zero attached hydrogens (tertiary/aromatic N) is 7. The molecule has 4 aliphatic rings. The highest BCUT2D eigenvalue weighted by atomic mass is 32.1. The number of likely N-dealkylation sites (tertiary alicyclic amines) is 2. The molecule has 20 nitrogen and oxygen atoms in total. The van der Waals surface area contributed by atoms with Gasteiger partial charge in [0.2, 0.25) is 29.5 Å². The van der Waals surface area contributed by atoms with Gasteiger partial charge < -0.3 is 55.5 Å². The maximum absolute atomic E-state index is 15.9. The van der Waals surface area contributed by atoms with Crippen molar-refractivity contribution in [2.45, 2.75) is 110 Å². The molecule has 1 spiro atoms. The standard InChI is InChI=1S/C58H80F2N12O8S/c1-38(40-10-12-41(13-11-40)51-39(2)65-37-81-51)66-53(75)45-9-8-19-72(45)54(76)52(56(3,4)5)67-50(74)34-80-28-27-79-26-25-78-24-18-62-55(77)57(6)14-20-69(21-15-57)32-42-29-44(60)46(30-43(42)59)71-33-49(73)68-58(35-71)16-22-70(23-17-58)48-31-47(61-7)63-36-64-48/h10-13,29-31,36-38,45,52H,8-9,14-28,32-35H2,1-7H3,(H,62,77)(H,66,75)(H,67,74)(H,68,73)(H,61,63,64)/t38-,45-,52+/m0/s1. The molecule has 4 aliphatic heterocycles. The topological polar surface area (TPSA) is 225 Å². The Kier molecular flexibility index (Phi) is 20.3. The van der Waals surface area contributed by atoms with Crippen LogP contribution in [0.15, 0.2) is 54.3 Å². The van der Waals surface area contributed by atoms with Crippen LogP contribution in [-0.2, 0) is 44.7 Å². The van der Waals surface area contributed by atoms with E-state index in [1.54, 1.807) is 28.2 Å². The number of amides is 5. The van der Waals surface area contributed by atoms with E-state index >= 15 is 8.78 Å². The van der Waals surface area contributed by atoms with Gasteiger partial charge in [-0.1, -0.05) is 52.0 Å². The molecule has 0 bridgehead atoms. The first-order valence-corrected chi connectivity index (χ1v) is 29.1. The smallest absolute Gasteiger partial charge is 0.246 e. The van der Waals surface area contributed by atoms with Crippen molar-refractivity contribution in [3.8, 4) is 10.4 Å². The molecule has 4 aromatic rings. The quantitative estimate of drug-likeness (QED) is 0.0589. The Morgan fingerprint density at radius 1 is 0.864 bits per heavy atom. The van der Waals surface area contributed by atoms with Crippen LogP contribution >= 0.6 is 11.3 Å². The maximum atomic E-state index is 15.9. The molecular formula is C58H80F2N12O8S. The van der Waals surface area contributed by atoms with E-state index in [0.717, 1.165) is 27.5 Å². The normalized spacial score (nSPS) is 19.0. The van der Waals surface area contributed by atoms with E-state index in [2.05, 4.69) is 46.4 Å². The highest BCUT2D eigenvalue weighted by Gasteiger charge is 2.44. The highest BCUT2D eigenvalue weighted by Crippen LogP contribution is 2.36. The van der Waals surface area contributed by atoms with E-state index in [0.29, 0.717) is 90.2 Å². The molecule has 5 N–H and O–H groups in total. The molecular weight excluding hydrogens is 1060 g/mol. The summed E-state index contributed by atoms with van der Waals surface area (Å²) in [7, 11) is 1.79. The predicted molar refractivity (Wildman–Crippen MR) is 306 cm³/mol. The largest absolute Gasteiger partial charge is 0.377 e. The van der Waals surface area contributed by atoms with Crippen LogP contribution in [0.4, 0.5) is 26.1 Å². The minimum atomic E-state index is -0.883. The van der Waals surface area contributed by atoms with Gasteiger partial charge in [0.05, 0.1) is 72.9 Å². The van der Waals surface area contributed by atoms with Crippen LogP contribution in [0, 0.1) is 29.4 Å². The lowest BCUT2D eigenvalue weighted by atomic mass is 9.79. The first kappa shape index (κ1) is 60.7. The molecule has 8 rings (SSSR count). The number of aryl methyl sites for hydroxylation is 1. The Bertz CT molecular complexity index is 2820. The van der Waals surface area contributed by atoms with E-state index in [4.69, 9.17) is 14.2 Å². The summed E-state index contributed by atoms with van der Waals surface area (Å²) >= 11 is 1.59. The van der Waals surface area contributed by atoms with Gasteiger partial charge in [-0.15, -0.1) is 11.3 Å². The Morgan fingerprint density at radius 2 is 1.57 bits per heavy atom. The average molecular weight is 1140 g/mol.